The first-order valence-electron chi connectivity index (χ1n) is 10.0. The van der Waals surface area contributed by atoms with Gasteiger partial charge in [0.25, 0.3) is 5.91 Å². The standard InChI is InChI=1S/C23H27FN2O/c1-16-3-2-14-26(16)22-13-8-19(15-22)17-6-11-21(12-7-17)25-23(27)18-4-9-20(24)10-5-18/h4-7,9-12,16,19,22H,2-3,8,13-15H2,1H3,(H,25,27). The van der Waals surface area contributed by atoms with Gasteiger partial charge in [-0.25, -0.2) is 4.39 Å². The number of nitrogens with zero attached hydrogens (tertiary/aromatic N) is 1. The lowest BCUT2D eigenvalue weighted by Gasteiger charge is -2.28. The molecule has 0 bridgehead atoms. The first kappa shape index (κ1) is 18.2. The molecule has 0 radical (unpaired) electrons. The maximum atomic E-state index is 13.0. The maximum Gasteiger partial charge on any atom is 0.255 e. The van der Waals surface area contributed by atoms with E-state index in [1.165, 1.54) is 68.5 Å². The summed E-state index contributed by atoms with van der Waals surface area (Å²) in [5.74, 6) is 0.0606. The summed E-state index contributed by atoms with van der Waals surface area (Å²) in [6.07, 6.45) is 6.45. The van der Waals surface area contributed by atoms with Crippen molar-refractivity contribution in [2.45, 2.75) is 57.0 Å². The molecular weight excluding hydrogens is 339 g/mol. The van der Waals surface area contributed by atoms with Gasteiger partial charge in [0.2, 0.25) is 0 Å². The Morgan fingerprint density at radius 3 is 2.44 bits per heavy atom. The predicted octanol–water partition coefficient (Wildman–Crippen LogP) is 5.20. The van der Waals surface area contributed by atoms with Crippen LogP contribution in [0, 0.1) is 5.82 Å². The van der Waals surface area contributed by atoms with Gasteiger partial charge in [-0.15, -0.1) is 0 Å². The minimum absolute atomic E-state index is 0.216. The van der Waals surface area contributed by atoms with E-state index >= 15 is 0 Å². The molecule has 1 heterocycles. The number of carbonyl (C=O) groups is 1. The van der Waals surface area contributed by atoms with E-state index in [1.807, 2.05) is 12.1 Å². The normalized spacial score (nSPS) is 25.6. The lowest BCUT2D eigenvalue weighted by Crippen LogP contribution is -2.35. The molecule has 3 unspecified atom stereocenters. The van der Waals surface area contributed by atoms with Crippen LogP contribution in [-0.4, -0.2) is 29.4 Å². The van der Waals surface area contributed by atoms with Crippen LogP contribution in [0.5, 0.6) is 0 Å². The van der Waals surface area contributed by atoms with Crippen molar-refractivity contribution in [3.05, 3.63) is 65.5 Å². The lowest BCUT2D eigenvalue weighted by atomic mass is 9.97. The molecule has 4 heteroatoms. The van der Waals surface area contributed by atoms with E-state index < -0.39 is 0 Å². The Hall–Kier alpha value is -2.20. The Balaban J connectivity index is 1.36. The van der Waals surface area contributed by atoms with Crippen LogP contribution in [0.2, 0.25) is 0 Å². The summed E-state index contributed by atoms with van der Waals surface area (Å²) in [5, 5.41) is 2.89. The van der Waals surface area contributed by atoms with Gasteiger partial charge in [-0.3, -0.25) is 9.69 Å². The van der Waals surface area contributed by atoms with Gasteiger partial charge in [0.1, 0.15) is 5.82 Å². The smallest absolute Gasteiger partial charge is 0.255 e. The van der Waals surface area contributed by atoms with Crippen LogP contribution in [0.25, 0.3) is 0 Å². The molecule has 2 aromatic rings. The summed E-state index contributed by atoms with van der Waals surface area (Å²) in [6, 6.07) is 15.3. The van der Waals surface area contributed by atoms with Crippen molar-refractivity contribution in [2.24, 2.45) is 0 Å². The number of likely N-dealkylation sites (tertiary alicyclic amines) is 1. The molecule has 2 aromatic carbocycles. The van der Waals surface area contributed by atoms with Gasteiger partial charge >= 0.3 is 0 Å². The summed E-state index contributed by atoms with van der Waals surface area (Å²) in [6.45, 7) is 3.62. The third-order valence-corrected chi connectivity index (χ3v) is 6.22. The molecule has 1 aliphatic carbocycles. The molecule has 1 N–H and O–H groups in total. The van der Waals surface area contributed by atoms with Gasteiger partial charge in [0, 0.05) is 23.3 Å². The van der Waals surface area contributed by atoms with E-state index in [0.29, 0.717) is 11.5 Å². The molecule has 1 saturated heterocycles. The molecule has 3 atom stereocenters. The first-order valence-corrected chi connectivity index (χ1v) is 10.0. The molecule has 1 saturated carbocycles. The molecule has 0 spiro atoms. The van der Waals surface area contributed by atoms with E-state index in [4.69, 9.17) is 0 Å². The average molecular weight is 366 g/mol. The van der Waals surface area contributed by atoms with Crippen LogP contribution in [-0.2, 0) is 0 Å². The van der Waals surface area contributed by atoms with Gasteiger partial charge in [-0.05, 0) is 93.5 Å². The average Bonchev–Trinajstić information content (AvgIpc) is 3.31. The van der Waals surface area contributed by atoms with Crippen LogP contribution in [0.3, 0.4) is 0 Å². The minimum Gasteiger partial charge on any atom is -0.322 e. The van der Waals surface area contributed by atoms with E-state index in [9.17, 15) is 9.18 Å². The minimum atomic E-state index is -0.339. The summed E-state index contributed by atoms with van der Waals surface area (Å²) in [4.78, 5) is 15.0. The Bertz CT molecular complexity index is 787. The maximum absolute atomic E-state index is 13.0. The monoisotopic (exact) mass is 366 g/mol. The topological polar surface area (TPSA) is 32.3 Å². The third-order valence-electron chi connectivity index (χ3n) is 6.22. The van der Waals surface area contributed by atoms with Crippen molar-refractivity contribution in [3.63, 3.8) is 0 Å². The summed E-state index contributed by atoms with van der Waals surface area (Å²) in [7, 11) is 0. The number of hydrogen-bond donors (Lipinski definition) is 1. The molecule has 1 amide bonds. The highest BCUT2D eigenvalue weighted by atomic mass is 19.1. The van der Waals surface area contributed by atoms with Gasteiger partial charge < -0.3 is 5.32 Å². The van der Waals surface area contributed by atoms with Gasteiger partial charge in [-0.2, -0.15) is 0 Å². The van der Waals surface area contributed by atoms with Crippen LogP contribution >= 0.6 is 0 Å². The highest BCUT2D eigenvalue weighted by Crippen LogP contribution is 2.39. The fourth-order valence-electron chi connectivity index (χ4n) is 4.70. The zero-order valence-corrected chi connectivity index (χ0v) is 15.8. The second kappa shape index (κ2) is 7.81. The Morgan fingerprint density at radius 1 is 1.04 bits per heavy atom. The van der Waals surface area contributed by atoms with E-state index in [2.05, 4.69) is 29.3 Å². The van der Waals surface area contributed by atoms with Crippen LogP contribution < -0.4 is 5.32 Å². The SMILES string of the molecule is CC1CCCN1C1CCC(c2ccc(NC(=O)c3ccc(F)cc3)cc2)C1. The summed E-state index contributed by atoms with van der Waals surface area (Å²) >= 11 is 0. The van der Waals surface area contributed by atoms with Crippen molar-refractivity contribution in [3.8, 4) is 0 Å². The second-order valence-corrected chi connectivity index (χ2v) is 7.98. The number of rotatable bonds is 4. The number of carbonyl (C=O) groups excluding carboxylic acids is 1. The Morgan fingerprint density at radius 2 is 1.78 bits per heavy atom. The number of halogens is 1. The lowest BCUT2D eigenvalue weighted by molar-refractivity contribution is 0.102. The van der Waals surface area contributed by atoms with Gasteiger partial charge in [0.15, 0.2) is 0 Å². The highest BCUT2D eigenvalue weighted by Gasteiger charge is 2.34. The summed E-state index contributed by atoms with van der Waals surface area (Å²) < 4.78 is 13.0. The van der Waals surface area contributed by atoms with Crippen molar-refractivity contribution in [1.82, 2.24) is 4.90 Å². The van der Waals surface area contributed by atoms with Crippen LogP contribution in [0.15, 0.2) is 48.5 Å². The van der Waals surface area contributed by atoms with Crippen LogP contribution in [0.4, 0.5) is 10.1 Å². The molecular formula is C23H27FN2O. The summed E-state index contributed by atoms with van der Waals surface area (Å²) in [5.41, 5.74) is 2.60. The number of benzene rings is 2. The molecule has 2 fully saturated rings. The number of anilines is 1. The molecule has 4 rings (SSSR count). The first-order chi connectivity index (χ1) is 13.1. The molecule has 142 valence electrons. The third kappa shape index (κ3) is 4.06. The number of hydrogen-bond acceptors (Lipinski definition) is 2. The van der Waals surface area contributed by atoms with Crippen LogP contribution in [0.1, 0.15) is 60.9 Å². The molecule has 2 aliphatic rings. The van der Waals surface area contributed by atoms with E-state index in [1.54, 1.807) is 0 Å². The van der Waals surface area contributed by atoms with Gasteiger partial charge in [0.05, 0.1) is 0 Å². The molecule has 3 nitrogen and oxygen atoms in total. The second-order valence-electron chi connectivity index (χ2n) is 7.98. The largest absolute Gasteiger partial charge is 0.322 e. The molecule has 0 aromatic heterocycles. The van der Waals surface area contributed by atoms with Crippen molar-refractivity contribution >= 4 is 11.6 Å². The number of nitrogens with one attached hydrogen (secondary N) is 1. The van der Waals surface area contributed by atoms with Crippen molar-refractivity contribution < 1.29 is 9.18 Å². The van der Waals surface area contributed by atoms with Crippen molar-refractivity contribution in [1.29, 1.82) is 0 Å². The fraction of sp³-hybridized carbons (Fsp3) is 0.435. The van der Waals surface area contributed by atoms with Gasteiger partial charge in [-0.1, -0.05) is 12.1 Å². The molecule has 1 aliphatic heterocycles. The Labute approximate surface area is 160 Å². The van der Waals surface area contributed by atoms with Crippen molar-refractivity contribution in [2.75, 3.05) is 11.9 Å². The molecule has 27 heavy (non-hydrogen) atoms. The van der Waals surface area contributed by atoms with E-state index in [0.717, 1.165) is 17.8 Å². The number of amides is 1. The quantitative estimate of drug-likeness (QED) is 0.807. The zero-order chi connectivity index (χ0) is 18.8. The highest BCUT2D eigenvalue weighted by molar-refractivity contribution is 6.04. The van der Waals surface area contributed by atoms with E-state index in [-0.39, 0.29) is 11.7 Å². The zero-order valence-electron chi connectivity index (χ0n) is 15.8. The predicted molar refractivity (Wildman–Crippen MR) is 107 cm³/mol. The fourth-order valence-corrected chi connectivity index (χ4v) is 4.70. The Kier molecular flexibility index (Phi) is 5.26.